The summed E-state index contributed by atoms with van der Waals surface area (Å²) in [6, 6.07) is -0.340. The van der Waals surface area contributed by atoms with Gasteiger partial charge < -0.3 is 23.9 Å². The first kappa shape index (κ1) is 18.9. The second-order valence-corrected chi connectivity index (χ2v) is 13.3. The molecule has 134 valence electrons. The minimum absolute atomic E-state index is 0.136. The van der Waals surface area contributed by atoms with Crippen molar-refractivity contribution in [3.05, 3.63) is 0 Å². The highest BCUT2D eigenvalue weighted by Gasteiger charge is 2.54. The number of rotatable bonds is 5. The van der Waals surface area contributed by atoms with Crippen LogP contribution in [0.2, 0.25) is 18.1 Å². The molecule has 0 aromatic rings. The predicted octanol–water partition coefficient (Wildman–Crippen LogP) is 1.73. The molecule has 2 heterocycles. The van der Waals surface area contributed by atoms with E-state index in [1.54, 1.807) is 4.90 Å². The summed E-state index contributed by atoms with van der Waals surface area (Å²) in [6.45, 7) is 16.0. The summed E-state index contributed by atoms with van der Waals surface area (Å²) in [5, 5.41) is 10.1. The van der Waals surface area contributed by atoms with Gasteiger partial charge in [0.15, 0.2) is 20.2 Å². The van der Waals surface area contributed by atoms with E-state index in [4.69, 9.17) is 13.9 Å². The first-order chi connectivity index (χ1) is 10.4. The molecule has 1 N–H and O–H groups in total. The number of carbonyl (C=O) groups excluding carboxylic acids is 1. The minimum Gasteiger partial charge on any atom is -0.415 e. The molecule has 6 nitrogen and oxygen atoms in total. The molecule has 0 saturated carbocycles. The predicted molar refractivity (Wildman–Crippen MR) is 89.6 cm³/mol. The Bertz CT molecular complexity index is 460. The van der Waals surface area contributed by atoms with Gasteiger partial charge in [0.1, 0.15) is 6.10 Å². The molecule has 0 aromatic carbocycles. The van der Waals surface area contributed by atoms with Gasteiger partial charge in [0, 0.05) is 6.54 Å². The summed E-state index contributed by atoms with van der Waals surface area (Å²) < 4.78 is 17.5. The topological polar surface area (TPSA) is 68.2 Å². The van der Waals surface area contributed by atoms with E-state index in [9.17, 15) is 9.90 Å². The van der Waals surface area contributed by atoms with Crippen molar-refractivity contribution >= 4 is 14.2 Å². The van der Waals surface area contributed by atoms with Gasteiger partial charge in [0.25, 0.3) is 5.91 Å². The molecular weight excluding hydrogens is 314 g/mol. The Morgan fingerprint density at radius 2 is 2.00 bits per heavy atom. The van der Waals surface area contributed by atoms with E-state index in [1.165, 1.54) is 0 Å². The van der Waals surface area contributed by atoms with Crippen molar-refractivity contribution in [3.63, 3.8) is 0 Å². The fourth-order valence-corrected chi connectivity index (χ4v) is 3.75. The first-order valence-corrected chi connectivity index (χ1v) is 11.2. The van der Waals surface area contributed by atoms with Crippen LogP contribution in [0.3, 0.4) is 0 Å². The van der Waals surface area contributed by atoms with Gasteiger partial charge in [0.2, 0.25) is 0 Å². The monoisotopic (exact) mass is 345 g/mol. The summed E-state index contributed by atoms with van der Waals surface area (Å²) in [6.07, 6.45) is -1.28. The maximum atomic E-state index is 12.0. The SMILES string of the molecule is CC1(C)OC[C@H]([C@H]2[C@@H](O)C(=O)N2CCO[Si](C)(C)C(C)(C)C)O1. The Balaban J connectivity index is 1.90. The number of ether oxygens (including phenoxy) is 2. The molecule has 0 aliphatic carbocycles. The largest absolute Gasteiger partial charge is 0.415 e. The lowest BCUT2D eigenvalue weighted by Crippen LogP contribution is -2.70. The zero-order valence-electron chi connectivity index (χ0n) is 15.4. The highest BCUT2D eigenvalue weighted by atomic mass is 28.4. The van der Waals surface area contributed by atoms with Gasteiger partial charge >= 0.3 is 0 Å². The molecule has 2 rings (SSSR count). The van der Waals surface area contributed by atoms with Gasteiger partial charge in [-0.15, -0.1) is 0 Å². The third-order valence-corrected chi connectivity index (χ3v) is 9.77. The van der Waals surface area contributed by atoms with Crippen LogP contribution >= 0.6 is 0 Å². The molecule has 0 unspecified atom stereocenters. The molecule has 0 spiro atoms. The lowest BCUT2D eigenvalue weighted by molar-refractivity contribution is -0.190. The van der Waals surface area contributed by atoms with Crippen LogP contribution in [0.5, 0.6) is 0 Å². The van der Waals surface area contributed by atoms with Crippen molar-refractivity contribution in [2.24, 2.45) is 0 Å². The molecule has 2 aliphatic heterocycles. The number of carbonyl (C=O) groups is 1. The van der Waals surface area contributed by atoms with E-state index in [2.05, 4.69) is 33.9 Å². The molecule has 23 heavy (non-hydrogen) atoms. The lowest BCUT2D eigenvalue weighted by Gasteiger charge is -2.47. The standard InChI is InChI=1S/C16H31NO5Si/c1-15(2,3)23(6,7)21-9-8-17-12(13(18)14(17)19)11-10-20-16(4,5)22-11/h11-13,18H,8-10H2,1-7H3/t11-,12+,13-/m1/s1. The first-order valence-electron chi connectivity index (χ1n) is 8.30. The van der Waals surface area contributed by atoms with E-state index in [-0.39, 0.29) is 23.1 Å². The third-order valence-electron chi connectivity index (χ3n) is 5.23. The van der Waals surface area contributed by atoms with Gasteiger partial charge in [-0.05, 0) is 32.0 Å². The molecule has 0 radical (unpaired) electrons. The molecule has 3 atom stereocenters. The van der Waals surface area contributed by atoms with Crippen molar-refractivity contribution in [1.82, 2.24) is 4.90 Å². The number of hydrogen-bond donors (Lipinski definition) is 1. The number of nitrogens with zero attached hydrogens (tertiary/aromatic N) is 1. The summed E-state index contributed by atoms with van der Waals surface area (Å²) in [7, 11) is -1.83. The molecule has 2 fully saturated rings. The quantitative estimate of drug-likeness (QED) is 0.607. The highest BCUT2D eigenvalue weighted by Crippen LogP contribution is 2.37. The van der Waals surface area contributed by atoms with Gasteiger partial charge in [0.05, 0.1) is 19.3 Å². The number of β-lactam (4-membered cyclic amide) rings is 1. The third kappa shape index (κ3) is 3.79. The second-order valence-electron chi connectivity index (χ2n) is 8.44. The van der Waals surface area contributed by atoms with Crippen molar-refractivity contribution in [1.29, 1.82) is 0 Å². The zero-order valence-corrected chi connectivity index (χ0v) is 16.4. The van der Waals surface area contributed by atoms with Gasteiger partial charge in [-0.3, -0.25) is 4.79 Å². The van der Waals surface area contributed by atoms with Crippen LogP contribution in [0, 0.1) is 0 Å². The number of amides is 1. The van der Waals surface area contributed by atoms with Gasteiger partial charge in [-0.25, -0.2) is 0 Å². The van der Waals surface area contributed by atoms with E-state index in [0.717, 1.165) is 0 Å². The van der Waals surface area contributed by atoms with Crippen LogP contribution in [0.15, 0.2) is 0 Å². The Kier molecular flexibility index (Phi) is 5.01. The number of aliphatic hydroxyl groups is 1. The summed E-state index contributed by atoms with van der Waals surface area (Å²) in [4.78, 5) is 13.6. The van der Waals surface area contributed by atoms with Crippen molar-refractivity contribution in [3.8, 4) is 0 Å². The molecule has 2 aliphatic rings. The fourth-order valence-electron chi connectivity index (χ4n) is 2.71. The van der Waals surface area contributed by atoms with Crippen LogP contribution in [-0.4, -0.2) is 68.0 Å². The van der Waals surface area contributed by atoms with Crippen LogP contribution in [0.1, 0.15) is 34.6 Å². The van der Waals surface area contributed by atoms with Crippen LogP contribution in [0.4, 0.5) is 0 Å². The normalized spacial score (nSPS) is 31.4. The van der Waals surface area contributed by atoms with Crippen LogP contribution in [0.25, 0.3) is 0 Å². The van der Waals surface area contributed by atoms with E-state index >= 15 is 0 Å². The van der Waals surface area contributed by atoms with Gasteiger partial charge in [-0.2, -0.15) is 0 Å². The molecule has 0 bridgehead atoms. The van der Waals surface area contributed by atoms with E-state index < -0.39 is 20.2 Å². The number of likely N-dealkylation sites (tertiary alicyclic amines) is 1. The van der Waals surface area contributed by atoms with E-state index in [1.807, 2.05) is 13.8 Å². The maximum absolute atomic E-state index is 12.0. The fraction of sp³-hybridized carbons (Fsp3) is 0.938. The number of hydrogen-bond acceptors (Lipinski definition) is 5. The molecule has 0 aromatic heterocycles. The Morgan fingerprint density at radius 1 is 1.39 bits per heavy atom. The van der Waals surface area contributed by atoms with Crippen molar-refractivity contribution < 1.29 is 23.8 Å². The van der Waals surface area contributed by atoms with Crippen molar-refractivity contribution in [2.45, 2.75) is 76.8 Å². The van der Waals surface area contributed by atoms with Crippen molar-refractivity contribution in [2.75, 3.05) is 19.8 Å². The second kappa shape index (κ2) is 6.11. The summed E-state index contributed by atoms with van der Waals surface area (Å²) in [5.41, 5.74) is 0. The number of aliphatic hydroxyl groups excluding tert-OH is 1. The smallest absolute Gasteiger partial charge is 0.254 e. The lowest BCUT2D eigenvalue weighted by atomic mass is 9.93. The maximum Gasteiger partial charge on any atom is 0.254 e. The average molecular weight is 346 g/mol. The Labute approximate surface area is 140 Å². The molecule has 2 saturated heterocycles. The van der Waals surface area contributed by atoms with Crippen LogP contribution in [-0.2, 0) is 18.7 Å². The highest BCUT2D eigenvalue weighted by molar-refractivity contribution is 6.74. The van der Waals surface area contributed by atoms with Gasteiger partial charge in [-0.1, -0.05) is 20.8 Å². The average Bonchev–Trinajstić information content (AvgIpc) is 2.75. The minimum atomic E-state index is -1.83. The molecular formula is C16H31NO5Si. The summed E-state index contributed by atoms with van der Waals surface area (Å²) >= 11 is 0. The zero-order chi connectivity index (χ0) is 17.6. The molecule has 7 heteroatoms. The Morgan fingerprint density at radius 3 is 2.48 bits per heavy atom. The molecule has 1 amide bonds. The Hall–Kier alpha value is -0.473. The van der Waals surface area contributed by atoms with Crippen LogP contribution < -0.4 is 0 Å². The van der Waals surface area contributed by atoms with E-state index in [0.29, 0.717) is 19.8 Å². The summed E-state index contributed by atoms with van der Waals surface area (Å²) in [5.74, 6) is -0.908.